The molecule has 4 N–H and O–H groups in total. The van der Waals surface area contributed by atoms with Crippen LogP contribution in [0.3, 0.4) is 0 Å². The van der Waals surface area contributed by atoms with Crippen LogP contribution >= 0.6 is 0 Å². The lowest BCUT2D eigenvalue weighted by atomic mass is 10.1. The van der Waals surface area contributed by atoms with Gasteiger partial charge in [0.1, 0.15) is 17.7 Å². The number of nitrogens with two attached hydrogens (primary N) is 1. The molecule has 1 aromatic rings. The van der Waals surface area contributed by atoms with Crippen molar-refractivity contribution in [3.8, 4) is 0 Å². The summed E-state index contributed by atoms with van der Waals surface area (Å²) in [4.78, 5) is 23.3. The smallest absolute Gasteiger partial charge is 0.254 e. The average molecular weight is 269 g/mol. The summed E-state index contributed by atoms with van der Waals surface area (Å²) in [5.41, 5.74) is 4.59. The first kappa shape index (κ1) is 13.3. The van der Waals surface area contributed by atoms with Gasteiger partial charge in [-0.15, -0.1) is 0 Å². The molecule has 0 radical (unpaired) electrons. The zero-order valence-corrected chi connectivity index (χ0v) is 10.0. The van der Waals surface area contributed by atoms with Gasteiger partial charge < -0.3 is 16.4 Å². The van der Waals surface area contributed by atoms with E-state index in [4.69, 9.17) is 5.73 Å². The Morgan fingerprint density at radius 3 is 2.79 bits per heavy atom. The summed E-state index contributed by atoms with van der Waals surface area (Å²) >= 11 is 0. The maximum absolute atomic E-state index is 13.5. The van der Waals surface area contributed by atoms with E-state index < -0.39 is 23.6 Å². The minimum atomic E-state index is -1.01. The summed E-state index contributed by atoms with van der Waals surface area (Å²) in [6.45, 7) is 0.559. The summed E-state index contributed by atoms with van der Waals surface area (Å²) in [5.74, 6) is -3.04. The van der Waals surface area contributed by atoms with Gasteiger partial charge in [-0.1, -0.05) is 0 Å². The van der Waals surface area contributed by atoms with Crippen LogP contribution in [0.4, 0.5) is 14.5 Å². The SMILES string of the molecule is Nc1cc(C(=O)NC2CCCNC2=O)c(F)cc1F. The second-order valence-electron chi connectivity index (χ2n) is 4.31. The van der Waals surface area contributed by atoms with Gasteiger partial charge in [-0.25, -0.2) is 8.78 Å². The van der Waals surface area contributed by atoms with E-state index in [-0.39, 0.29) is 17.2 Å². The zero-order chi connectivity index (χ0) is 14.0. The third-order valence-corrected chi connectivity index (χ3v) is 2.92. The van der Waals surface area contributed by atoms with Crippen molar-refractivity contribution < 1.29 is 18.4 Å². The molecule has 1 aromatic carbocycles. The highest BCUT2D eigenvalue weighted by atomic mass is 19.1. The molecule has 1 unspecified atom stereocenters. The molecule has 1 aliphatic rings. The number of carbonyl (C=O) groups excluding carboxylic acids is 2. The lowest BCUT2D eigenvalue weighted by Gasteiger charge is -2.22. The van der Waals surface area contributed by atoms with Gasteiger partial charge in [-0.2, -0.15) is 0 Å². The van der Waals surface area contributed by atoms with Crippen LogP contribution in [-0.2, 0) is 4.79 Å². The molecule has 19 heavy (non-hydrogen) atoms. The molecular formula is C12H13F2N3O2. The van der Waals surface area contributed by atoms with E-state index in [9.17, 15) is 18.4 Å². The fourth-order valence-corrected chi connectivity index (χ4v) is 1.89. The fraction of sp³-hybridized carbons (Fsp3) is 0.333. The molecule has 102 valence electrons. The lowest BCUT2D eigenvalue weighted by Crippen LogP contribution is -2.50. The van der Waals surface area contributed by atoms with Crippen molar-refractivity contribution >= 4 is 17.5 Å². The molecule has 2 rings (SSSR count). The lowest BCUT2D eigenvalue weighted by molar-refractivity contribution is -0.124. The van der Waals surface area contributed by atoms with Gasteiger partial charge in [-0.3, -0.25) is 9.59 Å². The van der Waals surface area contributed by atoms with E-state index in [0.29, 0.717) is 19.0 Å². The van der Waals surface area contributed by atoms with Crippen LogP contribution in [0, 0.1) is 11.6 Å². The Labute approximate surface area is 108 Å². The van der Waals surface area contributed by atoms with Gasteiger partial charge in [0.15, 0.2) is 0 Å². The van der Waals surface area contributed by atoms with E-state index >= 15 is 0 Å². The third kappa shape index (κ3) is 2.81. The van der Waals surface area contributed by atoms with Gasteiger partial charge in [0, 0.05) is 12.6 Å². The largest absolute Gasteiger partial charge is 0.396 e. The van der Waals surface area contributed by atoms with Crippen LogP contribution in [0.5, 0.6) is 0 Å². The molecule has 1 aliphatic heterocycles. The summed E-state index contributed by atoms with van der Waals surface area (Å²) in [6.07, 6.45) is 1.21. The molecule has 0 spiro atoms. The third-order valence-electron chi connectivity index (χ3n) is 2.92. The number of piperidine rings is 1. The maximum atomic E-state index is 13.5. The second-order valence-corrected chi connectivity index (χ2v) is 4.31. The van der Waals surface area contributed by atoms with Crippen molar-refractivity contribution in [1.29, 1.82) is 0 Å². The predicted octanol–water partition coefficient (Wildman–Crippen LogP) is 0.555. The highest BCUT2D eigenvalue weighted by molar-refractivity contribution is 5.98. The van der Waals surface area contributed by atoms with Crippen LogP contribution in [0.1, 0.15) is 23.2 Å². The average Bonchev–Trinajstić information content (AvgIpc) is 2.36. The Balaban J connectivity index is 2.16. The predicted molar refractivity (Wildman–Crippen MR) is 64.3 cm³/mol. The Kier molecular flexibility index (Phi) is 3.64. The standard InChI is InChI=1S/C12H13F2N3O2/c13-7-5-8(14)9(15)4-6(7)11(18)17-10-2-1-3-16-12(10)19/h4-5,10H,1-3,15H2,(H,16,19)(H,17,18). The summed E-state index contributed by atoms with van der Waals surface area (Å²) in [5, 5.41) is 5.00. The van der Waals surface area contributed by atoms with Crippen LogP contribution in [-0.4, -0.2) is 24.4 Å². The number of hydrogen-bond acceptors (Lipinski definition) is 3. The minimum absolute atomic E-state index is 0.310. The normalized spacial score (nSPS) is 18.8. The van der Waals surface area contributed by atoms with E-state index in [1.54, 1.807) is 0 Å². The van der Waals surface area contributed by atoms with Gasteiger partial charge in [-0.05, 0) is 18.9 Å². The molecule has 7 heteroatoms. The monoisotopic (exact) mass is 269 g/mol. The molecule has 0 bridgehead atoms. The Bertz CT molecular complexity index is 534. The molecular weight excluding hydrogens is 256 g/mol. The second kappa shape index (κ2) is 5.21. The van der Waals surface area contributed by atoms with E-state index in [1.165, 1.54) is 0 Å². The van der Waals surface area contributed by atoms with Crippen LogP contribution in [0.25, 0.3) is 0 Å². The number of amides is 2. The quantitative estimate of drug-likeness (QED) is 0.686. The van der Waals surface area contributed by atoms with Crippen molar-refractivity contribution in [1.82, 2.24) is 10.6 Å². The molecule has 1 heterocycles. The van der Waals surface area contributed by atoms with Gasteiger partial charge in [0.2, 0.25) is 5.91 Å². The molecule has 1 atom stereocenters. The van der Waals surface area contributed by atoms with Gasteiger partial charge in [0.05, 0.1) is 11.3 Å². The number of nitrogens with one attached hydrogen (secondary N) is 2. The van der Waals surface area contributed by atoms with Crippen molar-refractivity contribution in [3.63, 3.8) is 0 Å². The van der Waals surface area contributed by atoms with Gasteiger partial charge in [0.25, 0.3) is 5.91 Å². The first-order valence-corrected chi connectivity index (χ1v) is 5.82. The molecule has 1 saturated heterocycles. The van der Waals surface area contributed by atoms with Gasteiger partial charge >= 0.3 is 0 Å². The Hall–Kier alpha value is -2.18. The van der Waals surface area contributed by atoms with Crippen LogP contribution in [0.15, 0.2) is 12.1 Å². The fourth-order valence-electron chi connectivity index (χ4n) is 1.89. The maximum Gasteiger partial charge on any atom is 0.254 e. The van der Waals surface area contributed by atoms with E-state index in [2.05, 4.69) is 10.6 Å². The van der Waals surface area contributed by atoms with Crippen molar-refractivity contribution in [2.45, 2.75) is 18.9 Å². The Morgan fingerprint density at radius 2 is 2.11 bits per heavy atom. The summed E-state index contributed by atoms with van der Waals surface area (Å²) < 4.78 is 26.5. The zero-order valence-electron chi connectivity index (χ0n) is 10.0. The first-order chi connectivity index (χ1) is 8.99. The highest BCUT2D eigenvalue weighted by Gasteiger charge is 2.25. The van der Waals surface area contributed by atoms with Crippen molar-refractivity contribution in [3.05, 3.63) is 29.3 Å². The highest BCUT2D eigenvalue weighted by Crippen LogP contribution is 2.17. The minimum Gasteiger partial charge on any atom is -0.396 e. The van der Waals surface area contributed by atoms with Crippen molar-refractivity contribution in [2.24, 2.45) is 0 Å². The molecule has 0 aliphatic carbocycles. The van der Waals surface area contributed by atoms with E-state index in [1.807, 2.05) is 0 Å². The summed E-state index contributed by atoms with van der Waals surface area (Å²) in [7, 11) is 0. The molecule has 0 aromatic heterocycles. The molecule has 2 amide bonds. The Morgan fingerprint density at radius 1 is 1.37 bits per heavy atom. The molecule has 1 fully saturated rings. The molecule has 0 saturated carbocycles. The number of anilines is 1. The number of benzene rings is 1. The summed E-state index contributed by atoms with van der Waals surface area (Å²) in [6, 6.07) is 0.762. The number of halogens is 2. The number of rotatable bonds is 2. The van der Waals surface area contributed by atoms with Crippen LogP contribution < -0.4 is 16.4 Å². The van der Waals surface area contributed by atoms with Crippen LogP contribution in [0.2, 0.25) is 0 Å². The number of nitrogen functional groups attached to an aromatic ring is 1. The topological polar surface area (TPSA) is 84.2 Å². The van der Waals surface area contributed by atoms with E-state index in [0.717, 1.165) is 12.5 Å². The number of carbonyl (C=O) groups is 2. The number of hydrogen-bond donors (Lipinski definition) is 3. The molecule has 5 nitrogen and oxygen atoms in total. The first-order valence-electron chi connectivity index (χ1n) is 5.82. The van der Waals surface area contributed by atoms with Crippen molar-refractivity contribution in [2.75, 3.05) is 12.3 Å².